The van der Waals surface area contributed by atoms with Gasteiger partial charge in [0, 0.05) is 0 Å². The predicted octanol–water partition coefficient (Wildman–Crippen LogP) is 2.50. The molecule has 2 rings (SSSR count). The average Bonchev–Trinajstić information content (AvgIpc) is 2.70. The van der Waals surface area contributed by atoms with Crippen LogP contribution in [0.15, 0.2) is 29.3 Å². The average molecular weight is 230 g/mol. The summed E-state index contributed by atoms with van der Waals surface area (Å²) in [6.07, 6.45) is -4.39. The monoisotopic (exact) mass is 230 g/mol. The lowest BCUT2D eigenvalue weighted by Crippen LogP contribution is -2.16. The van der Waals surface area contributed by atoms with E-state index in [0.29, 0.717) is 13.2 Å². The number of anilines is 1. The highest BCUT2D eigenvalue weighted by Gasteiger charge is 2.33. The van der Waals surface area contributed by atoms with Gasteiger partial charge < -0.3 is 10.1 Å². The van der Waals surface area contributed by atoms with E-state index in [-0.39, 0.29) is 11.7 Å². The fraction of sp³-hybridized carbons (Fsp3) is 0.300. The fourth-order valence-corrected chi connectivity index (χ4v) is 1.37. The molecular formula is C10H9F3N2O. The molecule has 0 aliphatic carbocycles. The van der Waals surface area contributed by atoms with Crippen molar-refractivity contribution in [3.05, 3.63) is 29.8 Å². The first-order valence-electron chi connectivity index (χ1n) is 4.68. The van der Waals surface area contributed by atoms with Crippen LogP contribution in [0.1, 0.15) is 5.56 Å². The molecule has 0 atom stereocenters. The van der Waals surface area contributed by atoms with Crippen molar-refractivity contribution in [3.63, 3.8) is 0 Å². The first-order chi connectivity index (χ1) is 7.57. The molecule has 1 aromatic rings. The van der Waals surface area contributed by atoms with Crippen LogP contribution in [0.2, 0.25) is 0 Å². The smallest absolute Gasteiger partial charge is 0.418 e. The summed E-state index contributed by atoms with van der Waals surface area (Å²) in [5.41, 5.74) is -0.774. The molecule has 16 heavy (non-hydrogen) atoms. The first kappa shape index (κ1) is 10.8. The Hall–Kier alpha value is -1.72. The van der Waals surface area contributed by atoms with Crippen molar-refractivity contribution in [1.82, 2.24) is 0 Å². The lowest BCUT2D eigenvalue weighted by atomic mass is 10.2. The molecule has 1 N–H and O–H groups in total. The Morgan fingerprint density at radius 2 is 2.00 bits per heavy atom. The van der Waals surface area contributed by atoms with Gasteiger partial charge in [-0.25, -0.2) is 4.99 Å². The van der Waals surface area contributed by atoms with E-state index >= 15 is 0 Å². The van der Waals surface area contributed by atoms with E-state index in [1.54, 1.807) is 0 Å². The molecule has 0 saturated heterocycles. The quantitative estimate of drug-likeness (QED) is 0.804. The molecule has 1 aliphatic heterocycles. The maximum absolute atomic E-state index is 12.6. The van der Waals surface area contributed by atoms with E-state index in [1.807, 2.05) is 0 Å². The molecule has 0 fully saturated rings. The Labute approximate surface area is 89.9 Å². The number of rotatable bonds is 1. The van der Waals surface area contributed by atoms with Gasteiger partial charge in [0.1, 0.15) is 6.61 Å². The molecule has 1 heterocycles. The van der Waals surface area contributed by atoms with Crippen molar-refractivity contribution in [2.24, 2.45) is 4.99 Å². The zero-order valence-corrected chi connectivity index (χ0v) is 8.21. The summed E-state index contributed by atoms with van der Waals surface area (Å²) in [6.45, 7) is 0.868. The van der Waals surface area contributed by atoms with Crippen molar-refractivity contribution in [2.45, 2.75) is 6.18 Å². The summed E-state index contributed by atoms with van der Waals surface area (Å²) in [6, 6.07) is 5.35. The van der Waals surface area contributed by atoms with Crippen LogP contribution in [0.25, 0.3) is 0 Å². The Morgan fingerprint density at radius 3 is 2.62 bits per heavy atom. The van der Waals surface area contributed by atoms with Gasteiger partial charge >= 0.3 is 6.18 Å². The van der Waals surface area contributed by atoms with Crippen molar-refractivity contribution >= 4 is 11.7 Å². The number of amidine groups is 1. The van der Waals surface area contributed by atoms with Gasteiger partial charge in [0.25, 0.3) is 6.02 Å². The fourth-order valence-electron chi connectivity index (χ4n) is 1.37. The number of ether oxygens (including phenoxy) is 1. The van der Waals surface area contributed by atoms with Gasteiger partial charge in [-0.15, -0.1) is 0 Å². The highest BCUT2D eigenvalue weighted by molar-refractivity contribution is 5.90. The summed E-state index contributed by atoms with van der Waals surface area (Å²) in [5, 5.41) is 2.52. The Balaban J connectivity index is 2.26. The van der Waals surface area contributed by atoms with Gasteiger partial charge in [-0.2, -0.15) is 13.2 Å². The number of para-hydroxylation sites is 1. The van der Waals surface area contributed by atoms with Crippen LogP contribution in [0.5, 0.6) is 0 Å². The van der Waals surface area contributed by atoms with Crippen molar-refractivity contribution in [3.8, 4) is 0 Å². The summed E-state index contributed by atoms with van der Waals surface area (Å²) in [5.74, 6) is 0. The number of halogens is 3. The summed E-state index contributed by atoms with van der Waals surface area (Å²) in [4.78, 5) is 3.87. The van der Waals surface area contributed by atoms with E-state index in [4.69, 9.17) is 4.74 Å². The third kappa shape index (κ3) is 2.26. The van der Waals surface area contributed by atoms with E-state index < -0.39 is 11.7 Å². The van der Waals surface area contributed by atoms with Crippen LogP contribution in [-0.2, 0) is 10.9 Å². The van der Waals surface area contributed by atoms with Crippen LogP contribution in [0.4, 0.5) is 18.9 Å². The SMILES string of the molecule is FC(F)(F)c1ccccc1NC1=NCCO1. The maximum Gasteiger partial charge on any atom is 0.418 e. The molecule has 1 aliphatic rings. The predicted molar refractivity (Wildman–Crippen MR) is 53.3 cm³/mol. The molecule has 0 radical (unpaired) electrons. The van der Waals surface area contributed by atoms with E-state index in [9.17, 15) is 13.2 Å². The number of hydrogen-bond acceptors (Lipinski definition) is 3. The minimum atomic E-state index is -4.39. The molecule has 3 nitrogen and oxygen atoms in total. The minimum Gasteiger partial charge on any atom is -0.463 e. The topological polar surface area (TPSA) is 33.6 Å². The molecule has 0 saturated carbocycles. The molecule has 0 amide bonds. The van der Waals surface area contributed by atoms with Gasteiger partial charge in [0.2, 0.25) is 0 Å². The normalized spacial score (nSPS) is 15.6. The van der Waals surface area contributed by atoms with Gasteiger partial charge in [0.15, 0.2) is 0 Å². The summed E-state index contributed by atoms with van der Waals surface area (Å²) in [7, 11) is 0. The molecular weight excluding hydrogens is 221 g/mol. The highest BCUT2D eigenvalue weighted by Crippen LogP contribution is 2.34. The standard InChI is InChI=1S/C10H9F3N2O/c11-10(12,13)7-3-1-2-4-8(7)15-9-14-5-6-16-9/h1-4H,5-6H2,(H,14,15). The zero-order valence-electron chi connectivity index (χ0n) is 8.21. The van der Waals surface area contributed by atoms with E-state index in [0.717, 1.165) is 6.07 Å². The van der Waals surface area contributed by atoms with Crippen molar-refractivity contribution in [1.29, 1.82) is 0 Å². The molecule has 0 unspecified atom stereocenters. The third-order valence-corrected chi connectivity index (χ3v) is 2.06. The van der Waals surface area contributed by atoms with E-state index in [2.05, 4.69) is 10.3 Å². The second-order valence-corrected chi connectivity index (χ2v) is 3.20. The molecule has 1 aromatic carbocycles. The van der Waals surface area contributed by atoms with Crippen LogP contribution in [0, 0.1) is 0 Å². The van der Waals surface area contributed by atoms with Crippen LogP contribution in [0.3, 0.4) is 0 Å². The Bertz CT molecular complexity index is 415. The lowest BCUT2D eigenvalue weighted by Gasteiger charge is -2.13. The minimum absolute atomic E-state index is 0.0457. The van der Waals surface area contributed by atoms with Crippen LogP contribution < -0.4 is 5.32 Å². The number of hydrogen-bond donors (Lipinski definition) is 1. The number of nitrogens with one attached hydrogen (secondary N) is 1. The molecule has 0 bridgehead atoms. The lowest BCUT2D eigenvalue weighted by molar-refractivity contribution is -0.136. The van der Waals surface area contributed by atoms with Crippen LogP contribution >= 0.6 is 0 Å². The zero-order chi connectivity index (χ0) is 11.6. The van der Waals surface area contributed by atoms with Crippen molar-refractivity contribution in [2.75, 3.05) is 18.5 Å². The van der Waals surface area contributed by atoms with Crippen LogP contribution in [-0.4, -0.2) is 19.2 Å². The molecule has 6 heteroatoms. The number of aliphatic imine (C=N–C) groups is 1. The largest absolute Gasteiger partial charge is 0.463 e. The summed E-state index contributed by atoms with van der Waals surface area (Å²) >= 11 is 0. The van der Waals surface area contributed by atoms with Crippen molar-refractivity contribution < 1.29 is 17.9 Å². The number of nitrogens with zero attached hydrogens (tertiary/aromatic N) is 1. The van der Waals surface area contributed by atoms with Gasteiger partial charge in [0.05, 0.1) is 17.8 Å². The molecule has 86 valence electrons. The number of alkyl halides is 3. The summed E-state index contributed by atoms with van der Waals surface area (Å²) < 4.78 is 42.8. The van der Waals surface area contributed by atoms with Gasteiger partial charge in [-0.1, -0.05) is 12.1 Å². The Kier molecular flexibility index (Phi) is 2.72. The maximum atomic E-state index is 12.6. The second-order valence-electron chi connectivity index (χ2n) is 3.20. The highest BCUT2D eigenvalue weighted by atomic mass is 19.4. The third-order valence-electron chi connectivity index (χ3n) is 2.06. The first-order valence-corrected chi connectivity index (χ1v) is 4.68. The van der Waals surface area contributed by atoms with Gasteiger partial charge in [-0.3, -0.25) is 0 Å². The van der Waals surface area contributed by atoms with E-state index in [1.165, 1.54) is 18.2 Å². The Morgan fingerprint density at radius 1 is 1.25 bits per heavy atom. The molecule has 0 spiro atoms. The van der Waals surface area contributed by atoms with Gasteiger partial charge in [-0.05, 0) is 12.1 Å². The second kappa shape index (κ2) is 4.03. The molecule has 0 aromatic heterocycles. The number of benzene rings is 1.